The zero-order valence-corrected chi connectivity index (χ0v) is 15.1. The second kappa shape index (κ2) is 9.57. The zero-order chi connectivity index (χ0) is 19.0. The van der Waals surface area contributed by atoms with Crippen LogP contribution in [0.5, 0.6) is 0 Å². The van der Waals surface area contributed by atoms with Crippen LogP contribution in [0.15, 0.2) is 29.6 Å². The fraction of sp³-hybridized carbons (Fsp3) is 0.294. The van der Waals surface area contributed by atoms with Gasteiger partial charge in [0.25, 0.3) is 11.8 Å². The number of benzene rings is 1. The first-order valence-corrected chi connectivity index (χ1v) is 8.07. The van der Waals surface area contributed by atoms with E-state index >= 15 is 0 Å². The van der Waals surface area contributed by atoms with Crippen LogP contribution >= 0.6 is 11.6 Å². The predicted octanol–water partition coefficient (Wildman–Crippen LogP) is 0.599. The second-order valence-electron chi connectivity index (χ2n) is 5.14. The molecule has 1 aromatic carbocycles. The summed E-state index contributed by atoms with van der Waals surface area (Å²) in [6, 6.07) is 4.08. The summed E-state index contributed by atoms with van der Waals surface area (Å²) in [6.45, 7) is 4.25. The lowest BCUT2D eigenvalue weighted by Crippen LogP contribution is -2.34. The first-order chi connectivity index (χ1) is 11.8. The summed E-state index contributed by atoms with van der Waals surface area (Å²) >= 11 is 6.06. The van der Waals surface area contributed by atoms with Gasteiger partial charge in [-0.2, -0.15) is 0 Å². The van der Waals surface area contributed by atoms with Crippen molar-refractivity contribution in [2.45, 2.75) is 26.3 Å². The van der Waals surface area contributed by atoms with Gasteiger partial charge in [-0.15, -0.1) is 0 Å². The van der Waals surface area contributed by atoms with Crippen LogP contribution in [0.3, 0.4) is 0 Å². The average Bonchev–Trinajstić information content (AvgIpc) is 2.95. The number of nitrogens with two attached hydrogens (primary N) is 2. The van der Waals surface area contributed by atoms with E-state index in [1.807, 2.05) is 0 Å². The molecular weight excluding hydrogens is 342 g/mol. The highest BCUT2D eigenvalue weighted by molar-refractivity contribution is 6.31. The molecule has 1 unspecified atom stereocenters. The molecule has 0 spiro atoms. The van der Waals surface area contributed by atoms with Gasteiger partial charge in [0, 0.05) is 18.2 Å². The smallest absolute Gasteiger partial charge is 0.251 e. The molecule has 0 radical (unpaired) electrons. The summed E-state index contributed by atoms with van der Waals surface area (Å²) in [6.07, 6.45) is 1.25. The van der Waals surface area contributed by atoms with Gasteiger partial charge >= 0.3 is 0 Å². The molecule has 1 heterocycles. The molecular formula is C17H22ClN5O2. The van der Waals surface area contributed by atoms with Gasteiger partial charge in [-0.25, -0.2) is 5.43 Å². The normalized spacial score (nSPS) is 15.3. The molecule has 1 aliphatic heterocycles. The van der Waals surface area contributed by atoms with Crippen LogP contribution in [0.2, 0.25) is 5.02 Å². The van der Waals surface area contributed by atoms with Crippen LogP contribution in [-0.2, 0) is 4.79 Å². The van der Waals surface area contributed by atoms with E-state index in [4.69, 9.17) is 23.1 Å². The number of rotatable bonds is 2. The summed E-state index contributed by atoms with van der Waals surface area (Å²) in [4.78, 5) is 23.0. The van der Waals surface area contributed by atoms with Crippen molar-refractivity contribution in [3.63, 3.8) is 0 Å². The molecule has 1 aromatic rings. The van der Waals surface area contributed by atoms with Crippen LogP contribution in [-0.4, -0.2) is 24.9 Å². The molecule has 7 N–H and O–H groups in total. The molecule has 0 fully saturated rings. The minimum absolute atomic E-state index is 0.136. The highest BCUT2D eigenvalue weighted by Crippen LogP contribution is 2.17. The Labute approximate surface area is 152 Å². The summed E-state index contributed by atoms with van der Waals surface area (Å²) in [7, 11) is 1.53. The Morgan fingerprint density at radius 1 is 1.36 bits per heavy atom. The lowest BCUT2D eigenvalue weighted by molar-refractivity contribution is -0.114. The lowest BCUT2D eigenvalue weighted by atomic mass is 10.1. The van der Waals surface area contributed by atoms with Gasteiger partial charge in [0.2, 0.25) is 0 Å². The molecule has 2 rings (SSSR count). The van der Waals surface area contributed by atoms with E-state index in [-0.39, 0.29) is 17.3 Å². The Morgan fingerprint density at radius 2 is 2.00 bits per heavy atom. The standard InChI is InChI=1S/C14H14ClN5O2.C3H8/c1-18-14(22)8-2-4-9(15)7(6-8)3-5-10-11(13(17)21)12(16)20-19-10;1-3-2/h2,4,6,10,19-20H,16H2,1H3,(H2,17,21)(H,18,22);3H2,1-2H3. The predicted molar refractivity (Wildman–Crippen MR) is 98.2 cm³/mol. The van der Waals surface area contributed by atoms with E-state index in [9.17, 15) is 9.59 Å². The van der Waals surface area contributed by atoms with Crippen molar-refractivity contribution < 1.29 is 9.59 Å². The van der Waals surface area contributed by atoms with Crippen LogP contribution in [0.25, 0.3) is 0 Å². The molecule has 0 aliphatic carbocycles. The quantitative estimate of drug-likeness (QED) is 0.492. The van der Waals surface area contributed by atoms with E-state index in [1.165, 1.54) is 13.5 Å². The van der Waals surface area contributed by atoms with Gasteiger partial charge in [-0.1, -0.05) is 43.7 Å². The van der Waals surface area contributed by atoms with Gasteiger partial charge in [0.05, 0.1) is 10.6 Å². The zero-order valence-electron chi connectivity index (χ0n) is 14.4. The molecule has 0 bridgehead atoms. The van der Waals surface area contributed by atoms with Gasteiger partial charge in [0.1, 0.15) is 11.9 Å². The van der Waals surface area contributed by atoms with Crippen molar-refractivity contribution in [2.75, 3.05) is 7.05 Å². The number of hydrogen-bond acceptors (Lipinski definition) is 5. The maximum Gasteiger partial charge on any atom is 0.251 e. The Hall–Kier alpha value is -2.69. The van der Waals surface area contributed by atoms with Crippen molar-refractivity contribution in [1.82, 2.24) is 16.2 Å². The number of hydrogen-bond donors (Lipinski definition) is 5. The van der Waals surface area contributed by atoms with Crippen LogP contribution in [0.4, 0.5) is 0 Å². The molecule has 0 saturated carbocycles. The van der Waals surface area contributed by atoms with Gasteiger partial charge in [0.15, 0.2) is 0 Å². The van der Waals surface area contributed by atoms with Crippen LogP contribution in [0.1, 0.15) is 36.2 Å². The maximum atomic E-state index is 11.6. The third kappa shape index (κ3) is 5.41. The van der Waals surface area contributed by atoms with Crippen molar-refractivity contribution in [3.8, 4) is 11.8 Å². The maximum absolute atomic E-state index is 11.6. The van der Waals surface area contributed by atoms with E-state index in [2.05, 4.69) is 41.9 Å². The monoisotopic (exact) mass is 363 g/mol. The minimum Gasteiger partial charge on any atom is -0.384 e. The highest BCUT2D eigenvalue weighted by atomic mass is 35.5. The highest BCUT2D eigenvalue weighted by Gasteiger charge is 2.26. The second-order valence-corrected chi connectivity index (χ2v) is 5.55. The number of hydrazine groups is 1. The Morgan fingerprint density at radius 3 is 2.56 bits per heavy atom. The number of amides is 2. The molecule has 25 heavy (non-hydrogen) atoms. The first kappa shape index (κ1) is 20.4. The van der Waals surface area contributed by atoms with Gasteiger partial charge < -0.3 is 22.2 Å². The number of halogens is 1. The van der Waals surface area contributed by atoms with Crippen molar-refractivity contribution in [3.05, 3.63) is 45.7 Å². The summed E-state index contributed by atoms with van der Waals surface area (Å²) in [5.74, 6) is 4.85. The Bertz CT molecular complexity index is 749. The minimum atomic E-state index is -0.667. The molecule has 2 amide bonds. The largest absolute Gasteiger partial charge is 0.384 e. The van der Waals surface area contributed by atoms with Crippen molar-refractivity contribution in [2.24, 2.45) is 11.5 Å². The Balaban J connectivity index is 0.000000970. The average molecular weight is 364 g/mol. The van der Waals surface area contributed by atoms with E-state index < -0.39 is 11.9 Å². The van der Waals surface area contributed by atoms with Gasteiger partial charge in [-0.05, 0) is 18.2 Å². The summed E-state index contributed by atoms with van der Waals surface area (Å²) in [5, 5.41) is 2.91. The molecule has 7 nitrogen and oxygen atoms in total. The topological polar surface area (TPSA) is 122 Å². The van der Waals surface area contributed by atoms with Crippen molar-refractivity contribution >= 4 is 23.4 Å². The molecule has 8 heteroatoms. The molecule has 134 valence electrons. The fourth-order valence-corrected chi connectivity index (χ4v) is 2.05. The number of carbonyl (C=O) groups is 2. The molecule has 0 saturated heterocycles. The van der Waals surface area contributed by atoms with Crippen LogP contribution < -0.4 is 27.6 Å². The molecule has 0 aromatic heterocycles. The number of carbonyl (C=O) groups excluding carboxylic acids is 2. The Kier molecular flexibility index (Phi) is 7.79. The third-order valence-corrected chi connectivity index (χ3v) is 3.33. The SMILES string of the molecule is CCC.CNC(=O)c1ccc(Cl)c(C#CC2NNC(N)=C2C(N)=O)c1. The van der Waals surface area contributed by atoms with Crippen molar-refractivity contribution in [1.29, 1.82) is 0 Å². The van der Waals surface area contributed by atoms with E-state index in [1.54, 1.807) is 18.2 Å². The summed E-state index contributed by atoms with van der Waals surface area (Å²) in [5.41, 5.74) is 17.2. The van der Waals surface area contributed by atoms with Gasteiger partial charge in [-0.3, -0.25) is 9.59 Å². The number of nitrogens with one attached hydrogen (secondary N) is 3. The van der Waals surface area contributed by atoms with E-state index in [0.29, 0.717) is 16.1 Å². The summed E-state index contributed by atoms with van der Waals surface area (Å²) < 4.78 is 0. The first-order valence-electron chi connectivity index (χ1n) is 7.69. The van der Waals surface area contributed by atoms with Crippen LogP contribution in [0, 0.1) is 11.8 Å². The third-order valence-electron chi connectivity index (χ3n) is 3.00. The fourth-order valence-electron chi connectivity index (χ4n) is 1.88. The molecule has 1 aliphatic rings. The number of primary amides is 1. The van der Waals surface area contributed by atoms with E-state index in [0.717, 1.165) is 0 Å². The lowest BCUT2D eigenvalue weighted by Gasteiger charge is -2.04. The molecule has 1 atom stereocenters.